The predicted octanol–water partition coefficient (Wildman–Crippen LogP) is 11.1. The molecule has 0 aliphatic carbocycles. The summed E-state index contributed by atoms with van der Waals surface area (Å²) in [5.41, 5.74) is 12.9. The Labute approximate surface area is 333 Å². The monoisotopic (exact) mass is 747 g/mol. The maximum Gasteiger partial charge on any atom is 0.164 e. The van der Waals surface area contributed by atoms with Crippen LogP contribution in [0.2, 0.25) is 13.1 Å². The van der Waals surface area contributed by atoms with Gasteiger partial charge in [-0.15, -0.1) is 0 Å². The van der Waals surface area contributed by atoms with Gasteiger partial charge < -0.3 is 0 Å². The van der Waals surface area contributed by atoms with Crippen molar-refractivity contribution in [3.63, 3.8) is 0 Å². The quantitative estimate of drug-likeness (QED) is 0.152. The second kappa shape index (κ2) is 14.2. The maximum atomic E-state index is 5.29. The fourth-order valence-electron chi connectivity index (χ4n) is 7.97. The van der Waals surface area contributed by atoms with E-state index in [2.05, 4.69) is 140 Å². The van der Waals surface area contributed by atoms with Gasteiger partial charge >= 0.3 is 0 Å². The van der Waals surface area contributed by atoms with Gasteiger partial charge in [-0.05, 0) is 38.2 Å². The molecular weight excluding hydrogens is 711 g/mol. The molecule has 7 aromatic carbocycles. The Morgan fingerprint density at radius 1 is 0.281 bits per heavy atom. The van der Waals surface area contributed by atoms with Crippen molar-refractivity contribution < 1.29 is 0 Å². The molecule has 1 aliphatic heterocycles. The van der Waals surface area contributed by atoms with E-state index in [0.29, 0.717) is 17.5 Å². The van der Waals surface area contributed by atoms with Gasteiger partial charge in [0.25, 0.3) is 0 Å². The molecule has 10 rings (SSSR count). The second-order valence-electron chi connectivity index (χ2n) is 14.9. The first kappa shape index (κ1) is 34.3. The van der Waals surface area contributed by atoms with Gasteiger partial charge in [-0.2, -0.15) is 0 Å². The summed E-state index contributed by atoms with van der Waals surface area (Å²) in [5, 5.41) is 2.75. The SMILES string of the molecule is C[Si]1(C)c2ccccc2-c2nc(-c3ccc(-c4ccc(-c5ccc(-c6nc(-c7ccccc7)nc(-c7ccccc7)n6)cc5)cc4)cc3)nc(-c3ccccc3)c21. The summed E-state index contributed by atoms with van der Waals surface area (Å²) in [4.78, 5) is 25.2. The summed E-state index contributed by atoms with van der Waals surface area (Å²) < 4.78 is 0. The molecule has 57 heavy (non-hydrogen) atoms. The molecule has 0 atom stereocenters. The fraction of sp³-hybridized carbons (Fsp3) is 0.0392. The number of nitrogens with zero attached hydrogens (tertiary/aromatic N) is 5. The zero-order valence-electron chi connectivity index (χ0n) is 31.6. The zero-order valence-corrected chi connectivity index (χ0v) is 32.6. The van der Waals surface area contributed by atoms with Crippen LogP contribution in [0.3, 0.4) is 0 Å². The summed E-state index contributed by atoms with van der Waals surface area (Å²) in [6, 6.07) is 65.3. The highest BCUT2D eigenvalue weighted by Gasteiger charge is 2.41. The average molecular weight is 748 g/mol. The zero-order chi connectivity index (χ0) is 38.3. The molecule has 9 aromatic rings. The maximum absolute atomic E-state index is 5.29. The van der Waals surface area contributed by atoms with Crippen molar-refractivity contribution in [3.05, 3.63) is 188 Å². The lowest BCUT2D eigenvalue weighted by Gasteiger charge is -2.21. The Hall–Kier alpha value is -7.15. The number of hydrogen-bond acceptors (Lipinski definition) is 5. The predicted molar refractivity (Wildman–Crippen MR) is 236 cm³/mol. The topological polar surface area (TPSA) is 64.5 Å². The van der Waals surface area contributed by atoms with E-state index in [1.54, 1.807) is 0 Å². The van der Waals surface area contributed by atoms with Crippen LogP contribution in [0.15, 0.2) is 188 Å². The molecule has 0 unspecified atom stereocenters. The van der Waals surface area contributed by atoms with E-state index in [-0.39, 0.29) is 0 Å². The number of fused-ring (bicyclic) bond motifs is 3. The van der Waals surface area contributed by atoms with Crippen molar-refractivity contribution in [3.8, 4) is 90.3 Å². The van der Waals surface area contributed by atoms with Crippen molar-refractivity contribution in [1.29, 1.82) is 0 Å². The molecule has 270 valence electrons. The van der Waals surface area contributed by atoms with E-state index >= 15 is 0 Å². The third-order valence-corrected chi connectivity index (χ3v) is 14.5. The smallest absolute Gasteiger partial charge is 0.164 e. The molecule has 6 heteroatoms. The first-order valence-corrected chi connectivity index (χ1v) is 22.3. The van der Waals surface area contributed by atoms with Gasteiger partial charge in [-0.1, -0.05) is 201 Å². The van der Waals surface area contributed by atoms with Crippen molar-refractivity contribution >= 4 is 18.4 Å². The van der Waals surface area contributed by atoms with Crippen LogP contribution in [0.1, 0.15) is 0 Å². The third kappa shape index (κ3) is 6.36. The van der Waals surface area contributed by atoms with Crippen LogP contribution in [0.25, 0.3) is 90.3 Å². The minimum atomic E-state index is -1.99. The molecule has 0 saturated carbocycles. The van der Waals surface area contributed by atoms with E-state index < -0.39 is 8.07 Å². The van der Waals surface area contributed by atoms with Crippen LogP contribution in [0, 0.1) is 0 Å². The molecule has 0 bridgehead atoms. The van der Waals surface area contributed by atoms with Gasteiger partial charge in [0.05, 0.1) is 11.4 Å². The standard InChI is InChI=1S/C51H37N5Si/c1-57(2)44-21-13-12-20-43(44)46-47(57)45(38-14-6-3-7-15-38)52-48(53-46)41-30-26-36(27-31-41)34-22-24-35(25-23-34)37-28-32-42(33-29-37)51-55-49(39-16-8-4-9-17-39)54-50(56-51)40-18-10-5-11-19-40/h3-33H,1-2H3. The lowest BCUT2D eigenvalue weighted by Crippen LogP contribution is -2.50. The highest BCUT2D eigenvalue weighted by Crippen LogP contribution is 2.34. The molecule has 5 nitrogen and oxygen atoms in total. The van der Waals surface area contributed by atoms with E-state index in [1.165, 1.54) is 15.9 Å². The number of aromatic nitrogens is 5. The first-order chi connectivity index (χ1) is 28.0. The minimum Gasteiger partial charge on any atom is -0.228 e. The molecule has 3 heterocycles. The van der Waals surface area contributed by atoms with Crippen LogP contribution in [0.4, 0.5) is 0 Å². The van der Waals surface area contributed by atoms with E-state index in [0.717, 1.165) is 67.3 Å². The largest absolute Gasteiger partial charge is 0.228 e. The minimum absolute atomic E-state index is 0.644. The summed E-state index contributed by atoms with van der Waals surface area (Å²) >= 11 is 0. The van der Waals surface area contributed by atoms with Crippen LogP contribution in [-0.4, -0.2) is 33.0 Å². The van der Waals surface area contributed by atoms with E-state index in [1.807, 2.05) is 60.7 Å². The Kier molecular flexibility index (Phi) is 8.54. The average Bonchev–Trinajstić information content (AvgIpc) is 3.52. The summed E-state index contributed by atoms with van der Waals surface area (Å²) in [6.07, 6.45) is 0. The number of hydrogen-bond donors (Lipinski definition) is 0. The lowest BCUT2D eigenvalue weighted by atomic mass is 9.98. The van der Waals surface area contributed by atoms with Crippen LogP contribution >= 0.6 is 0 Å². The van der Waals surface area contributed by atoms with Crippen molar-refractivity contribution in [2.24, 2.45) is 0 Å². The summed E-state index contributed by atoms with van der Waals surface area (Å²) in [6.45, 7) is 4.84. The van der Waals surface area contributed by atoms with Crippen molar-refractivity contribution in [2.75, 3.05) is 0 Å². The third-order valence-electron chi connectivity index (χ3n) is 11.0. The van der Waals surface area contributed by atoms with Crippen molar-refractivity contribution in [2.45, 2.75) is 13.1 Å². The fourth-order valence-corrected chi connectivity index (χ4v) is 11.2. The number of benzene rings is 7. The Morgan fingerprint density at radius 2 is 0.596 bits per heavy atom. The molecule has 2 aromatic heterocycles. The molecule has 1 aliphatic rings. The van der Waals surface area contributed by atoms with E-state index in [9.17, 15) is 0 Å². The lowest BCUT2D eigenvalue weighted by molar-refractivity contribution is 1.07. The summed E-state index contributed by atoms with van der Waals surface area (Å²) in [7, 11) is -1.99. The van der Waals surface area contributed by atoms with Crippen molar-refractivity contribution in [1.82, 2.24) is 24.9 Å². The first-order valence-electron chi connectivity index (χ1n) is 19.3. The Bertz CT molecular complexity index is 2820. The Balaban J connectivity index is 0.927. The van der Waals surface area contributed by atoms with Gasteiger partial charge in [0.1, 0.15) is 8.07 Å². The van der Waals surface area contributed by atoms with Gasteiger partial charge in [0, 0.05) is 27.8 Å². The highest BCUT2D eigenvalue weighted by molar-refractivity contribution is 7.04. The van der Waals surface area contributed by atoms with Gasteiger partial charge in [0.2, 0.25) is 0 Å². The second-order valence-corrected chi connectivity index (χ2v) is 19.2. The van der Waals surface area contributed by atoms with Crippen LogP contribution in [-0.2, 0) is 0 Å². The van der Waals surface area contributed by atoms with Crippen LogP contribution in [0.5, 0.6) is 0 Å². The molecule has 0 fully saturated rings. The molecule has 0 spiro atoms. The van der Waals surface area contributed by atoms with E-state index in [4.69, 9.17) is 24.9 Å². The summed E-state index contributed by atoms with van der Waals surface area (Å²) in [5.74, 6) is 2.70. The van der Waals surface area contributed by atoms with Crippen LogP contribution < -0.4 is 10.4 Å². The van der Waals surface area contributed by atoms with Gasteiger partial charge in [-0.3, -0.25) is 0 Å². The molecule has 0 radical (unpaired) electrons. The Morgan fingerprint density at radius 3 is 1.04 bits per heavy atom. The van der Waals surface area contributed by atoms with Gasteiger partial charge in [0.15, 0.2) is 23.3 Å². The molecule has 0 N–H and O–H groups in total. The normalized spacial score (nSPS) is 12.5. The molecule has 0 amide bonds. The highest BCUT2D eigenvalue weighted by atomic mass is 28.3. The molecular formula is C51H37N5Si. The van der Waals surface area contributed by atoms with Gasteiger partial charge in [-0.25, -0.2) is 24.9 Å². The molecule has 0 saturated heterocycles. The number of rotatable bonds is 7.